The molecule has 0 saturated carbocycles. The molecular formula is C14H19N5O2S. The van der Waals surface area contributed by atoms with Crippen molar-refractivity contribution in [2.24, 2.45) is 0 Å². The highest BCUT2D eigenvalue weighted by Gasteiger charge is 2.29. The van der Waals surface area contributed by atoms with Crippen LogP contribution in [0, 0.1) is 6.92 Å². The Labute approximate surface area is 129 Å². The van der Waals surface area contributed by atoms with Crippen molar-refractivity contribution in [1.29, 1.82) is 0 Å². The summed E-state index contributed by atoms with van der Waals surface area (Å²) in [4.78, 5) is 11.0. The van der Waals surface area contributed by atoms with E-state index in [0.29, 0.717) is 4.90 Å². The van der Waals surface area contributed by atoms with Crippen LogP contribution in [0.15, 0.2) is 23.5 Å². The van der Waals surface area contributed by atoms with Crippen LogP contribution < -0.4 is 0 Å². The molecule has 0 spiro atoms. The highest BCUT2D eigenvalue weighted by Crippen LogP contribution is 2.30. The van der Waals surface area contributed by atoms with Crippen LogP contribution >= 0.6 is 0 Å². The lowest BCUT2D eigenvalue weighted by Crippen LogP contribution is -2.20. The van der Waals surface area contributed by atoms with Gasteiger partial charge in [0.25, 0.3) is 0 Å². The second kappa shape index (κ2) is 5.77. The highest BCUT2D eigenvalue weighted by molar-refractivity contribution is 7.90. The summed E-state index contributed by atoms with van der Waals surface area (Å²) in [5.41, 5.74) is 1.80. The summed E-state index contributed by atoms with van der Waals surface area (Å²) in [6.07, 6.45) is 7.22. The van der Waals surface area contributed by atoms with Crippen molar-refractivity contribution in [2.45, 2.75) is 30.7 Å². The average Bonchev–Trinajstić information content (AvgIpc) is 3.09. The summed E-state index contributed by atoms with van der Waals surface area (Å²) in [5, 5.41) is 6.77. The van der Waals surface area contributed by atoms with E-state index in [2.05, 4.69) is 25.1 Å². The number of nitrogens with one attached hydrogen (secondary N) is 1. The first-order valence-electron chi connectivity index (χ1n) is 7.16. The molecule has 118 valence electrons. The lowest BCUT2D eigenvalue weighted by Gasteiger charge is -2.15. The number of rotatable bonds is 4. The fourth-order valence-electron chi connectivity index (χ4n) is 2.84. The number of sulfone groups is 1. The first kappa shape index (κ1) is 15.1. The Balaban J connectivity index is 1.70. The van der Waals surface area contributed by atoms with Gasteiger partial charge in [0.15, 0.2) is 9.84 Å². The SMILES string of the molecule is Cc1ncc(CN2CCC(c3[nH]ncc3S(C)(=O)=O)C2)cn1. The van der Waals surface area contributed by atoms with Gasteiger partial charge in [0.2, 0.25) is 0 Å². The minimum absolute atomic E-state index is 0.165. The van der Waals surface area contributed by atoms with Crippen molar-refractivity contribution in [3.8, 4) is 0 Å². The molecule has 3 heterocycles. The molecule has 0 bridgehead atoms. The van der Waals surface area contributed by atoms with Crippen molar-refractivity contribution in [3.05, 3.63) is 35.7 Å². The number of aromatic nitrogens is 4. The van der Waals surface area contributed by atoms with Crippen molar-refractivity contribution in [2.75, 3.05) is 19.3 Å². The molecule has 2 aromatic heterocycles. The number of hydrogen-bond acceptors (Lipinski definition) is 6. The van der Waals surface area contributed by atoms with Crippen LogP contribution in [0.25, 0.3) is 0 Å². The number of H-pyrrole nitrogens is 1. The molecule has 7 nitrogen and oxygen atoms in total. The number of nitrogens with zero attached hydrogens (tertiary/aromatic N) is 4. The maximum Gasteiger partial charge on any atom is 0.178 e. The quantitative estimate of drug-likeness (QED) is 0.899. The van der Waals surface area contributed by atoms with E-state index < -0.39 is 9.84 Å². The highest BCUT2D eigenvalue weighted by atomic mass is 32.2. The van der Waals surface area contributed by atoms with Gasteiger partial charge >= 0.3 is 0 Å². The third kappa shape index (κ3) is 3.17. The zero-order valence-corrected chi connectivity index (χ0v) is 13.5. The molecule has 1 saturated heterocycles. The monoisotopic (exact) mass is 321 g/mol. The van der Waals surface area contributed by atoms with Gasteiger partial charge < -0.3 is 0 Å². The molecule has 3 rings (SSSR count). The molecule has 1 N–H and O–H groups in total. The van der Waals surface area contributed by atoms with Gasteiger partial charge in [-0.1, -0.05) is 0 Å². The van der Waals surface area contributed by atoms with E-state index in [0.717, 1.165) is 43.1 Å². The van der Waals surface area contributed by atoms with Gasteiger partial charge in [0, 0.05) is 43.2 Å². The lowest BCUT2D eigenvalue weighted by atomic mass is 10.1. The minimum Gasteiger partial charge on any atom is -0.298 e. The van der Waals surface area contributed by atoms with Gasteiger partial charge in [-0.3, -0.25) is 10.00 Å². The largest absolute Gasteiger partial charge is 0.298 e. The molecule has 2 aromatic rings. The van der Waals surface area contributed by atoms with Gasteiger partial charge in [-0.2, -0.15) is 5.10 Å². The van der Waals surface area contributed by atoms with Crippen LogP contribution in [0.5, 0.6) is 0 Å². The van der Waals surface area contributed by atoms with E-state index in [-0.39, 0.29) is 5.92 Å². The Morgan fingerprint density at radius 3 is 2.73 bits per heavy atom. The maximum atomic E-state index is 11.8. The smallest absolute Gasteiger partial charge is 0.178 e. The summed E-state index contributed by atoms with van der Waals surface area (Å²) in [7, 11) is -3.24. The fourth-order valence-corrected chi connectivity index (χ4v) is 3.70. The molecule has 1 aliphatic heterocycles. The van der Waals surface area contributed by atoms with Gasteiger partial charge in [-0.05, 0) is 19.9 Å². The molecule has 8 heteroatoms. The van der Waals surface area contributed by atoms with Gasteiger partial charge in [-0.25, -0.2) is 18.4 Å². The van der Waals surface area contributed by atoms with Crippen LogP contribution in [0.4, 0.5) is 0 Å². The Hall–Kier alpha value is -1.80. The molecule has 1 unspecified atom stereocenters. The Morgan fingerprint density at radius 1 is 1.32 bits per heavy atom. The van der Waals surface area contributed by atoms with Crippen LogP contribution in [-0.2, 0) is 16.4 Å². The van der Waals surface area contributed by atoms with Crippen LogP contribution in [-0.4, -0.2) is 52.8 Å². The van der Waals surface area contributed by atoms with Crippen LogP contribution in [0.3, 0.4) is 0 Å². The zero-order valence-electron chi connectivity index (χ0n) is 12.7. The molecule has 22 heavy (non-hydrogen) atoms. The molecular weight excluding hydrogens is 302 g/mol. The Kier molecular flexibility index (Phi) is 3.96. The summed E-state index contributed by atoms with van der Waals surface area (Å²) in [6.45, 7) is 4.36. The van der Waals surface area contributed by atoms with Crippen molar-refractivity contribution in [3.63, 3.8) is 0 Å². The molecule has 1 fully saturated rings. The number of likely N-dealkylation sites (tertiary alicyclic amines) is 1. The predicted octanol–water partition coefficient (Wildman–Crippen LogP) is 0.901. The second-order valence-electron chi connectivity index (χ2n) is 5.78. The van der Waals surface area contributed by atoms with E-state index in [4.69, 9.17) is 0 Å². The van der Waals surface area contributed by atoms with Crippen molar-refractivity contribution >= 4 is 9.84 Å². The lowest BCUT2D eigenvalue weighted by molar-refractivity contribution is 0.325. The van der Waals surface area contributed by atoms with Gasteiger partial charge in [-0.15, -0.1) is 0 Å². The van der Waals surface area contributed by atoms with Gasteiger partial charge in [0.05, 0.1) is 11.9 Å². The van der Waals surface area contributed by atoms with E-state index in [1.165, 1.54) is 12.5 Å². The van der Waals surface area contributed by atoms with E-state index >= 15 is 0 Å². The minimum atomic E-state index is -3.24. The molecule has 0 aromatic carbocycles. The third-order valence-corrected chi connectivity index (χ3v) is 5.08. The summed E-state index contributed by atoms with van der Waals surface area (Å²) in [5.74, 6) is 0.928. The average molecular weight is 321 g/mol. The fraction of sp³-hybridized carbons (Fsp3) is 0.500. The molecule has 1 aliphatic rings. The summed E-state index contributed by atoms with van der Waals surface area (Å²) < 4.78 is 23.6. The van der Waals surface area contributed by atoms with E-state index in [9.17, 15) is 8.42 Å². The Morgan fingerprint density at radius 2 is 2.05 bits per heavy atom. The predicted molar refractivity (Wildman–Crippen MR) is 81.1 cm³/mol. The first-order valence-corrected chi connectivity index (χ1v) is 9.06. The zero-order chi connectivity index (χ0) is 15.7. The first-order chi connectivity index (χ1) is 10.4. The second-order valence-corrected chi connectivity index (χ2v) is 7.76. The van der Waals surface area contributed by atoms with E-state index in [1.54, 1.807) is 0 Å². The molecule has 0 radical (unpaired) electrons. The summed E-state index contributed by atoms with van der Waals surface area (Å²) in [6, 6.07) is 0. The normalized spacial score (nSPS) is 19.6. The van der Waals surface area contributed by atoms with Crippen molar-refractivity contribution in [1.82, 2.24) is 25.1 Å². The Bertz CT molecular complexity index is 754. The van der Waals surface area contributed by atoms with E-state index in [1.807, 2.05) is 19.3 Å². The molecule has 0 aliphatic carbocycles. The molecule has 0 amide bonds. The number of aryl methyl sites for hydroxylation is 1. The van der Waals surface area contributed by atoms with Crippen LogP contribution in [0.2, 0.25) is 0 Å². The topological polar surface area (TPSA) is 91.8 Å². The summed E-state index contributed by atoms with van der Waals surface area (Å²) >= 11 is 0. The van der Waals surface area contributed by atoms with Crippen molar-refractivity contribution < 1.29 is 8.42 Å². The molecule has 1 atom stereocenters. The number of hydrogen-bond donors (Lipinski definition) is 1. The van der Waals surface area contributed by atoms with Gasteiger partial charge in [0.1, 0.15) is 10.7 Å². The maximum absolute atomic E-state index is 11.8. The number of aromatic amines is 1. The standard InChI is InChI=1S/C14H19N5O2S/c1-10-15-5-11(6-16-10)8-19-4-3-12(9-19)14-13(7-17-18-14)22(2,20)21/h5-7,12H,3-4,8-9H2,1-2H3,(H,17,18). The van der Waals surface area contributed by atoms with Crippen LogP contribution in [0.1, 0.15) is 29.4 Å². The third-order valence-electron chi connectivity index (χ3n) is 3.95.